The van der Waals surface area contributed by atoms with E-state index in [4.69, 9.17) is 4.74 Å². The van der Waals surface area contributed by atoms with E-state index in [-0.39, 0.29) is 6.10 Å². The van der Waals surface area contributed by atoms with Crippen LogP contribution in [0.15, 0.2) is 0 Å². The van der Waals surface area contributed by atoms with Gasteiger partial charge in [0.15, 0.2) is 0 Å². The molecule has 3 nitrogen and oxygen atoms in total. The van der Waals surface area contributed by atoms with Crippen molar-refractivity contribution in [2.75, 3.05) is 26.8 Å². The third kappa shape index (κ3) is 3.74. The van der Waals surface area contributed by atoms with E-state index < -0.39 is 0 Å². The molecule has 0 aliphatic carbocycles. The maximum absolute atomic E-state index is 10.0. The van der Waals surface area contributed by atoms with E-state index in [1.807, 2.05) is 0 Å². The topological polar surface area (TPSA) is 32.7 Å². The van der Waals surface area contributed by atoms with Gasteiger partial charge in [-0.3, -0.25) is 0 Å². The van der Waals surface area contributed by atoms with Gasteiger partial charge in [-0.15, -0.1) is 0 Å². The van der Waals surface area contributed by atoms with E-state index in [2.05, 4.69) is 25.8 Å². The number of hydrogen-bond donors (Lipinski definition) is 1. The summed E-state index contributed by atoms with van der Waals surface area (Å²) in [6.45, 7) is 6.74. The van der Waals surface area contributed by atoms with Crippen molar-refractivity contribution >= 4 is 0 Å². The molecular weight excluding hydrogens is 190 g/mol. The van der Waals surface area contributed by atoms with Gasteiger partial charge in [0.1, 0.15) is 0 Å². The van der Waals surface area contributed by atoms with Crippen LogP contribution in [0, 0.1) is 5.92 Å². The van der Waals surface area contributed by atoms with Crippen LogP contribution >= 0.6 is 0 Å². The summed E-state index contributed by atoms with van der Waals surface area (Å²) in [6, 6.07) is 0.599. The highest BCUT2D eigenvalue weighted by Crippen LogP contribution is 2.18. The highest BCUT2D eigenvalue weighted by molar-refractivity contribution is 4.77. The average molecular weight is 215 g/mol. The van der Waals surface area contributed by atoms with Gasteiger partial charge in [-0.25, -0.2) is 0 Å². The molecule has 1 rings (SSSR count). The van der Waals surface area contributed by atoms with Crippen molar-refractivity contribution in [3.8, 4) is 0 Å². The molecule has 1 heterocycles. The van der Waals surface area contributed by atoms with Crippen LogP contribution in [0.25, 0.3) is 0 Å². The zero-order valence-electron chi connectivity index (χ0n) is 10.3. The number of aliphatic hydroxyl groups excluding tert-OH is 1. The van der Waals surface area contributed by atoms with Crippen LogP contribution in [-0.4, -0.2) is 49.0 Å². The molecule has 1 N–H and O–H groups in total. The first-order chi connectivity index (χ1) is 7.19. The second-order valence-corrected chi connectivity index (χ2v) is 4.60. The molecule has 0 aromatic heterocycles. The Labute approximate surface area is 93.4 Å². The lowest BCUT2D eigenvalue weighted by atomic mass is 10.0. The molecule has 15 heavy (non-hydrogen) atoms. The molecular formula is C12H25NO2. The third-order valence-electron chi connectivity index (χ3n) is 3.55. The number of likely N-dealkylation sites (N-methyl/N-ethyl adjacent to an activating group) is 1. The van der Waals surface area contributed by atoms with Gasteiger partial charge in [-0.2, -0.15) is 0 Å². The number of rotatable bonds is 6. The van der Waals surface area contributed by atoms with Crippen LogP contribution in [0.3, 0.4) is 0 Å². The Kier molecular flexibility index (Phi) is 5.58. The molecule has 2 atom stereocenters. The van der Waals surface area contributed by atoms with E-state index in [0.29, 0.717) is 12.0 Å². The van der Waals surface area contributed by atoms with Gasteiger partial charge in [0.2, 0.25) is 0 Å². The summed E-state index contributed by atoms with van der Waals surface area (Å²) in [6.07, 6.45) is 3.10. The summed E-state index contributed by atoms with van der Waals surface area (Å²) in [5, 5.41) is 10.0. The maximum atomic E-state index is 10.0. The molecule has 1 saturated heterocycles. The molecule has 0 amide bonds. The highest BCUT2D eigenvalue weighted by Gasteiger charge is 2.25. The number of nitrogens with zero attached hydrogens (tertiary/aromatic N) is 1. The van der Waals surface area contributed by atoms with E-state index >= 15 is 0 Å². The summed E-state index contributed by atoms with van der Waals surface area (Å²) < 4.78 is 5.29. The zero-order chi connectivity index (χ0) is 11.3. The van der Waals surface area contributed by atoms with Crippen LogP contribution in [0.4, 0.5) is 0 Å². The smallest absolute Gasteiger partial charge is 0.0718 e. The fraction of sp³-hybridized carbons (Fsp3) is 1.00. The van der Waals surface area contributed by atoms with Gasteiger partial charge in [0.25, 0.3) is 0 Å². The molecule has 3 heteroatoms. The molecule has 0 aromatic carbocycles. The van der Waals surface area contributed by atoms with Gasteiger partial charge in [-0.1, -0.05) is 13.8 Å². The first-order valence-corrected chi connectivity index (χ1v) is 6.15. The lowest BCUT2D eigenvalue weighted by molar-refractivity contribution is 0.0498. The molecule has 0 radical (unpaired) electrons. The van der Waals surface area contributed by atoms with Gasteiger partial charge in [0.05, 0.1) is 12.7 Å². The van der Waals surface area contributed by atoms with Crippen LogP contribution < -0.4 is 0 Å². The van der Waals surface area contributed by atoms with Crippen molar-refractivity contribution in [3.05, 3.63) is 0 Å². The number of ether oxygens (including phenoxy) is 1. The molecule has 1 aliphatic heterocycles. The molecule has 0 spiro atoms. The first-order valence-electron chi connectivity index (χ1n) is 6.15. The predicted octanol–water partition coefficient (Wildman–Crippen LogP) is 1.50. The second kappa shape index (κ2) is 6.46. The summed E-state index contributed by atoms with van der Waals surface area (Å²) >= 11 is 0. The fourth-order valence-electron chi connectivity index (χ4n) is 2.36. The third-order valence-corrected chi connectivity index (χ3v) is 3.55. The predicted molar refractivity (Wildman–Crippen MR) is 61.9 cm³/mol. The van der Waals surface area contributed by atoms with E-state index in [9.17, 15) is 5.11 Å². The Balaban J connectivity index is 2.32. The van der Waals surface area contributed by atoms with E-state index in [0.717, 1.165) is 39.0 Å². The molecule has 0 saturated carbocycles. The summed E-state index contributed by atoms with van der Waals surface area (Å²) in [7, 11) is 2.11. The quantitative estimate of drug-likeness (QED) is 0.729. The minimum atomic E-state index is -0.224. The molecule has 2 unspecified atom stereocenters. The zero-order valence-corrected chi connectivity index (χ0v) is 10.3. The number of aliphatic hydroxyl groups is 1. The van der Waals surface area contributed by atoms with Crippen molar-refractivity contribution in [2.45, 2.75) is 45.3 Å². The van der Waals surface area contributed by atoms with E-state index in [1.165, 1.54) is 0 Å². The van der Waals surface area contributed by atoms with Crippen LogP contribution in [0.2, 0.25) is 0 Å². The van der Waals surface area contributed by atoms with Gasteiger partial charge in [0, 0.05) is 25.1 Å². The first kappa shape index (κ1) is 12.9. The summed E-state index contributed by atoms with van der Waals surface area (Å²) in [5.74, 6) is 0.349. The Bertz CT molecular complexity index is 159. The Morgan fingerprint density at radius 1 is 1.40 bits per heavy atom. The van der Waals surface area contributed by atoms with Gasteiger partial charge >= 0.3 is 0 Å². The van der Waals surface area contributed by atoms with Crippen molar-refractivity contribution in [3.63, 3.8) is 0 Å². The molecule has 0 bridgehead atoms. The second-order valence-electron chi connectivity index (χ2n) is 4.60. The Morgan fingerprint density at radius 3 is 2.53 bits per heavy atom. The van der Waals surface area contributed by atoms with Crippen molar-refractivity contribution in [2.24, 2.45) is 5.92 Å². The van der Waals surface area contributed by atoms with Gasteiger partial charge < -0.3 is 14.7 Å². The highest BCUT2D eigenvalue weighted by atomic mass is 16.5. The molecule has 1 aliphatic rings. The molecule has 90 valence electrons. The van der Waals surface area contributed by atoms with E-state index in [1.54, 1.807) is 0 Å². The normalized spacial score (nSPS) is 24.0. The van der Waals surface area contributed by atoms with Crippen LogP contribution in [0.1, 0.15) is 33.1 Å². The van der Waals surface area contributed by atoms with Gasteiger partial charge in [-0.05, 0) is 26.3 Å². The number of hydrogen-bond acceptors (Lipinski definition) is 3. The maximum Gasteiger partial charge on any atom is 0.0718 e. The lowest BCUT2D eigenvalue weighted by Gasteiger charge is -2.29. The Morgan fingerprint density at radius 2 is 2.07 bits per heavy atom. The van der Waals surface area contributed by atoms with Crippen molar-refractivity contribution < 1.29 is 9.84 Å². The van der Waals surface area contributed by atoms with Crippen molar-refractivity contribution in [1.82, 2.24) is 4.90 Å². The minimum absolute atomic E-state index is 0.224. The van der Waals surface area contributed by atoms with Crippen molar-refractivity contribution in [1.29, 1.82) is 0 Å². The fourth-order valence-corrected chi connectivity index (χ4v) is 2.36. The lowest BCUT2D eigenvalue weighted by Crippen LogP contribution is -2.40. The summed E-state index contributed by atoms with van der Waals surface area (Å²) in [5.41, 5.74) is 0. The van der Waals surface area contributed by atoms with Crippen LogP contribution in [-0.2, 0) is 4.74 Å². The van der Waals surface area contributed by atoms with Crippen LogP contribution in [0.5, 0.6) is 0 Å². The monoisotopic (exact) mass is 215 g/mol. The standard InChI is InChI=1S/C12H25NO2/c1-4-11(5-2)13(3)8-12(14)10-6-7-15-9-10/h10-12,14H,4-9H2,1-3H3. The largest absolute Gasteiger partial charge is 0.391 e. The summed E-state index contributed by atoms with van der Waals surface area (Å²) in [4.78, 5) is 2.28. The SMILES string of the molecule is CCC(CC)N(C)CC(O)C1CCOC1. The average Bonchev–Trinajstić information content (AvgIpc) is 2.72. The molecule has 1 fully saturated rings. The minimum Gasteiger partial charge on any atom is -0.391 e. The Hall–Kier alpha value is -0.120. The molecule has 0 aromatic rings.